The maximum absolute atomic E-state index is 12.0. The molecule has 8 heteroatoms. The lowest BCUT2D eigenvalue weighted by Crippen LogP contribution is -2.58. The number of nitrogens with zero attached hydrogens (tertiary/aromatic N) is 5. The van der Waals surface area contributed by atoms with Crippen LogP contribution in [0.5, 0.6) is 11.9 Å². The van der Waals surface area contributed by atoms with Crippen molar-refractivity contribution in [1.82, 2.24) is 24.8 Å². The molecule has 1 saturated heterocycles. The average Bonchev–Trinajstić information content (AvgIpc) is 2.79. The van der Waals surface area contributed by atoms with Crippen LogP contribution >= 0.6 is 0 Å². The number of para-hydroxylation sites is 2. The van der Waals surface area contributed by atoms with Crippen LogP contribution < -0.4 is 9.47 Å². The van der Waals surface area contributed by atoms with E-state index in [0.717, 1.165) is 55.6 Å². The molecule has 3 heterocycles. The van der Waals surface area contributed by atoms with Gasteiger partial charge in [0.15, 0.2) is 0 Å². The number of hydrogen-bond donors (Lipinski definition) is 1. The van der Waals surface area contributed by atoms with Crippen LogP contribution in [0.3, 0.4) is 0 Å². The Morgan fingerprint density at radius 1 is 1.00 bits per heavy atom. The van der Waals surface area contributed by atoms with Gasteiger partial charge < -0.3 is 14.6 Å². The second-order valence-electron chi connectivity index (χ2n) is 8.47. The van der Waals surface area contributed by atoms with Gasteiger partial charge in [0.1, 0.15) is 5.60 Å². The van der Waals surface area contributed by atoms with E-state index in [9.17, 15) is 5.11 Å². The van der Waals surface area contributed by atoms with Crippen molar-refractivity contribution in [1.29, 1.82) is 0 Å². The Kier molecular flexibility index (Phi) is 5.19. The summed E-state index contributed by atoms with van der Waals surface area (Å²) in [5.41, 5.74) is 2.42. The summed E-state index contributed by atoms with van der Waals surface area (Å²) >= 11 is 0. The Hall–Kier alpha value is -2.84. The number of aliphatic hydroxyl groups is 1. The van der Waals surface area contributed by atoms with Crippen LogP contribution in [0.4, 0.5) is 0 Å². The lowest BCUT2D eigenvalue weighted by atomic mass is 9.63. The molecule has 1 N–H and O–H groups in total. The molecule has 0 unspecified atom stereocenters. The molecule has 2 aromatic heterocycles. The molecule has 5 rings (SSSR count). The molecular formula is C23H27N5O3. The Morgan fingerprint density at radius 3 is 2.45 bits per heavy atom. The summed E-state index contributed by atoms with van der Waals surface area (Å²) in [5, 5.41) is 12.0. The predicted molar refractivity (Wildman–Crippen MR) is 115 cm³/mol. The molecule has 1 aliphatic carbocycles. The third kappa shape index (κ3) is 3.49. The predicted octanol–water partition coefficient (Wildman–Crippen LogP) is 2.56. The Morgan fingerprint density at radius 2 is 1.74 bits per heavy atom. The quantitative estimate of drug-likeness (QED) is 0.672. The van der Waals surface area contributed by atoms with Crippen molar-refractivity contribution in [2.24, 2.45) is 11.8 Å². The summed E-state index contributed by atoms with van der Waals surface area (Å²) < 4.78 is 10.6. The first-order valence-corrected chi connectivity index (χ1v) is 10.7. The molecule has 2 aliphatic rings. The summed E-state index contributed by atoms with van der Waals surface area (Å²) in [6.45, 7) is 2.27. The van der Waals surface area contributed by atoms with Gasteiger partial charge >= 0.3 is 6.01 Å². The first-order valence-electron chi connectivity index (χ1n) is 10.7. The van der Waals surface area contributed by atoms with Gasteiger partial charge in [0.25, 0.3) is 0 Å². The van der Waals surface area contributed by atoms with E-state index in [4.69, 9.17) is 14.5 Å². The minimum atomic E-state index is -1.01. The topological polar surface area (TPSA) is 93.5 Å². The third-order valence-corrected chi connectivity index (χ3v) is 6.73. The van der Waals surface area contributed by atoms with E-state index in [1.165, 1.54) is 7.11 Å². The molecular weight excluding hydrogens is 394 g/mol. The second-order valence-corrected chi connectivity index (χ2v) is 8.47. The zero-order valence-electron chi connectivity index (χ0n) is 17.9. The standard InChI is InChI=1S/C23H27N5O3/c1-30-21-18(11-25-22(27-21)31-2)23(29)15-6-5-7-16(23)13-28(12-15)14-17-10-24-19-8-3-4-9-20(19)26-17/h3-4,8-11,15-16,29H,5-7,12-14H2,1-2H3/t15-,16-/m1/s1. The van der Waals surface area contributed by atoms with Crippen LogP contribution in [0.15, 0.2) is 36.7 Å². The van der Waals surface area contributed by atoms with E-state index in [-0.39, 0.29) is 17.8 Å². The van der Waals surface area contributed by atoms with Crippen LogP contribution in [-0.2, 0) is 12.1 Å². The lowest BCUT2D eigenvalue weighted by Gasteiger charge is -2.53. The van der Waals surface area contributed by atoms with Gasteiger partial charge in [-0.15, -0.1) is 0 Å². The van der Waals surface area contributed by atoms with E-state index in [0.29, 0.717) is 11.4 Å². The van der Waals surface area contributed by atoms with Crippen LogP contribution in [0.1, 0.15) is 30.5 Å². The summed E-state index contributed by atoms with van der Waals surface area (Å²) in [5.74, 6) is 0.527. The van der Waals surface area contributed by atoms with Gasteiger partial charge in [-0.2, -0.15) is 4.98 Å². The molecule has 31 heavy (non-hydrogen) atoms. The first-order chi connectivity index (χ1) is 15.1. The molecule has 8 nitrogen and oxygen atoms in total. The highest BCUT2D eigenvalue weighted by Gasteiger charge is 2.53. The highest BCUT2D eigenvalue weighted by molar-refractivity contribution is 5.73. The lowest BCUT2D eigenvalue weighted by molar-refractivity contribution is -0.150. The van der Waals surface area contributed by atoms with Gasteiger partial charge in [-0.3, -0.25) is 9.88 Å². The number of hydrogen-bond acceptors (Lipinski definition) is 8. The molecule has 162 valence electrons. The number of aromatic nitrogens is 4. The Labute approximate surface area is 181 Å². The van der Waals surface area contributed by atoms with Gasteiger partial charge in [-0.05, 0) is 25.0 Å². The first kappa shape index (κ1) is 20.1. The molecule has 0 spiro atoms. The van der Waals surface area contributed by atoms with Crippen LogP contribution in [-0.4, -0.2) is 57.3 Å². The summed E-state index contributed by atoms with van der Waals surface area (Å²) in [6, 6.07) is 8.16. The van der Waals surface area contributed by atoms with E-state index >= 15 is 0 Å². The fourth-order valence-electron chi connectivity index (χ4n) is 5.29. The van der Waals surface area contributed by atoms with Gasteiger partial charge in [0.2, 0.25) is 5.88 Å². The number of rotatable bonds is 5. The smallest absolute Gasteiger partial charge is 0.319 e. The highest BCUT2D eigenvalue weighted by Crippen LogP contribution is 2.51. The van der Waals surface area contributed by atoms with Crippen molar-refractivity contribution in [2.75, 3.05) is 27.3 Å². The number of benzene rings is 1. The average molecular weight is 422 g/mol. The van der Waals surface area contributed by atoms with Gasteiger partial charge in [0.05, 0.1) is 42.7 Å². The molecule has 3 aromatic rings. The minimum absolute atomic E-state index is 0.0688. The van der Waals surface area contributed by atoms with Gasteiger partial charge in [0, 0.05) is 37.7 Å². The van der Waals surface area contributed by atoms with E-state index in [1.807, 2.05) is 30.5 Å². The number of methoxy groups -OCH3 is 2. The van der Waals surface area contributed by atoms with Crippen molar-refractivity contribution in [2.45, 2.75) is 31.4 Å². The summed E-state index contributed by atoms with van der Waals surface area (Å²) in [6.07, 6.45) is 6.53. The highest BCUT2D eigenvalue weighted by atomic mass is 16.5. The van der Waals surface area contributed by atoms with Crippen LogP contribution in [0, 0.1) is 11.8 Å². The van der Waals surface area contributed by atoms with Crippen molar-refractivity contribution in [3.63, 3.8) is 0 Å². The molecule has 1 saturated carbocycles. The molecule has 0 radical (unpaired) electrons. The number of piperidine rings is 1. The van der Waals surface area contributed by atoms with Crippen LogP contribution in [0.25, 0.3) is 11.0 Å². The zero-order chi connectivity index (χ0) is 21.4. The number of ether oxygens (including phenoxy) is 2. The fraction of sp³-hybridized carbons (Fsp3) is 0.478. The molecule has 1 aromatic carbocycles. The summed E-state index contributed by atoms with van der Waals surface area (Å²) in [7, 11) is 3.09. The number of fused-ring (bicyclic) bond motifs is 3. The van der Waals surface area contributed by atoms with E-state index in [1.54, 1.807) is 13.3 Å². The molecule has 1 aliphatic heterocycles. The SMILES string of the molecule is COc1ncc(C2(O)[C@@H]3CCC[C@@H]2CN(Cc2cnc4ccccc4n2)C3)c(OC)n1. The van der Waals surface area contributed by atoms with E-state index in [2.05, 4.69) is 19.9 Å². The van der Waals surface area contributed by atoms with Gasteiger partial charge in [-0.1, -0.05) is 18.6 Å². The van der Waals surface area contributed by atoms with E-state index < -0.39 is 5.60 Å². The monoisotopic (exact) mass is 421 g/mol. The molecule has 2 atom stereocenters. The van der Waals surface area contributed by atoms with Crippen molar-refractivity contribution in [3.8, 4) is 11.9 Å². The summed E-state index contributed by atoms with van der Waals surface area (Å²) in [4.78, 5) is 20.3. The number of likely N-dealkylation sites (tertiary alicyclic amines) is 1. The molecule has 2 bridgehead atoms. The molecule has 0 amide bonds. The second kappa shape index (κ2) is 8.01. The zero-order valence-corrected chi connectivity index (χ0v) is 17.9. The maximum Gasteiger partial charge on any atom is 0.319 e. The largest absolute Gasteiger partial charge is 0.481 e. The molecule has 2 fully saturated rings. The maximum atomic E-state index is 12.0. The Bertz CT molecular complexity index is 1080. The van der Waals surface area contributed by atoms with Gasteiger partial charge in [-0.25, -0.2) is 9.97 Å². The van der Waals surface area contributed by atoms with Crippen molar-refractivity contribution in [3.05, 3.63) is 47.9 Å². The minimum Gasteiger partial charge on any atom is -0.481 e. The fourth-order valence-corrected chi connectivity index (χ4v) is 5.29. The Balaban J connectivity index is 1.41. The van der Waals surface area contributed by atoms with Crippen molar-refractivity contribution < 1.29 is 14.6 Å². The normalized spacial score (nSPS) is 26.0. The van der Waals surface area contributed by atoms with Crippen LogP contribution in [0.2, 0.25) is 0 Å². The third-order valence-electron chi connectivity index (χ3n) is 6.73. The van der Waals surface area contributed by atoms with Crippen molar-refractivity contribution >= 4 is 11.0 Å².